The lowest BCUT2D eigenvalue weighted by atomic mass is 9.67. The Kier molecular flexibility index (Phi) is 7.34. The van der Waals surface area contributed by atoms with Crippen molar-refractivity contribution in [2.24, 2.45) is 23.7 Å². The van der Waals surface area contributed by atoms with Crippen LogP contribution in [0, 0.1) is 23.7 Å². The first kappa shape index (κ1) is 21.7. The molecule has 0 nitrogen and oxygen atoms in total. The molecule has 2 saturated carbocycles. The van der Waals surface area contributed by atoms with E-state index in [4.69, 9.17) is 0 Å². The lowest BCUT2D eigenvalue weighted by Gasteiger charge is -2.39. The van der Waals surface area contributed by atoms with E-state index in [1.54, 1.807) is 5.56 Å². The first-order chi connectivity index (χ1) is 14.7. The Balaban J connectivity index is 1.33. The molecule has 0 amide bonds. The number of allylic oxidation sites excluding steroid dienone is 2. The van der Waals surface area contributed by atoms with E-state index in [0.717, 1.165) is 29.6 Å². The molecule has 2 aliphatic carbocycles. The van der Waals surface area contributed by atoms with Gasteiger partial charge in [0.15, 0.2) is 0 Å². The molecule has 2 fully saturated rings. The van der Waals surface area contributed by atoms with Crippen molar-refractivity contribution in [3.8, 4) is 0 Å². The van der Waals surface area contributed by atoms with Gasteiger partial charge in [-0.3, -0.25) is 0 Å². The lowest BCUT2D eigenvalue weighted by Crippen LogP contribution is -2.27. The predicted octanol–water partition coefficient (Wildman–Crippen LogP) is 9.08. The van der Waals surface area contributed by atoms with Crippen LogP contribution in [0.4, 0.5) is 0 Å². The molecule has 0 spiro atoms. The molecule has 0 N–H and O–H groups in total. The largest absolute Gasteiger partial charge is 0.0914 e. The number of hydrogen-bond donors (Lipinski definition) is 0. The van der Waals surface area contributed by atoms with Crippen LogP contribution in [0.3, 0.4) is 0 Å². The Morgan fingerprint density at radius 2 is 1.47 bits per heavy atom. The van der Waals surface area contributed by atoms with Crippen LogP contribution in [-0.2, 0) is 6.42 Å². The van der Waals surface area contributed by atoms with Gasteiger partial charge in [-0.2, -0.15) is 0 Å². The smallest absolute Gasteiger partial charge is 0.0162 e. The van der Waals surface area contributed by atoms with E-state index in [1.165, 1.54) is 80.5 Å². The maximum atomic E-state index is 2.58. The van der Waals surface area contributed by atoms with Crippen LogP contribution in [0.1, 0.15) is 95.6 Å². The second-order valence-electron chi connectivity index (χ2n) is 10.4. The minimum atomic E-state index is 0.776. The minimum Gasteiger partial charge on any atom is -0.0914 e. The highest BCUT2D eigenvalue weighted by Gasteiger charge is 2.32. The summed E-state index contributed by atoms with van der Waals surface area (Å²) in [6.45, 7) is 7.02. The summed E-state index contributed by atoms with van der Waals surface area (Å²) < 4.78 is 0. The maximum absolute atomic E-state index is 2.58. The van der Waals surface area contributed by atoms with Crippen LogP contribution < -0.4 is 0 Å². The SMILES string of the molecule is C/C=C/C1CCC(C(C)C2CCC(c3ccc4cc(CCC)ccc4c3)CC2)CC1. The normalized spacial score (nSPS) is 28.8. The minimum absolute atomic E-state index is 0.776. The molecule has 162 valence electrons. The average Bonchev–Trinajstić information content (AvgIpc) is 2.79. The Bertz CT molecular complexity index is 828. The van der Waals surface area contributed by atoms with Crippen molar-refractivity contribution in [2.45, 2.75) is 90.9 Å². The van der Waals surface area contributed by atoms with E-state index >= 15 is 0 Å². The van der Waals surface area contributed by atoms with Crippen molar-refractivity contribution >= 4 is 10.8 Å². The molecule has 2 aliphatic rings. The van der Waals surface area contributed by atoms with Crippen LogP contribution in [0.5, 0.6) is 0 Å². The maximum Gasteiger partial charge on any atom is -0.0162 e. The highest BCUT2D eigenvalue weighted by molar-refractivity contribution is 5.84. The highest BCUT2D eigenvalue weighted by atomic mass is 14.4. The molecule has 0 aliphatic heterocycles. The van der Waals surface area contributed by atoms with Gasteiger partial charge in [0.25, 0.3) is 0 Å². The summed E-state index contributed by atoms with van der Waals surface area (Å²) in [5, 5.41) is 2.85. The Hall–Kier alpha value is -1.56. The van der Waals surface area contributed by atoms with E-state index in [1.807, 2.05) is 0 Å². The standard InChI is InChI=1S/C30H42/c1-4-6-23-8-11-25(12-9-23)22(3)26-14-16-27(17-15-26)29-19-18-28-20-24(7-5-2)10-13-30(28)21-29/h4,6,10,13,18-23,25-27H,5,7-9,11-12,14-17H2,1-3H3/b6-4+. The van der Waals surface area contributed by atoms with Crippen LogP contribution in [0.15, 0.2) is 48.6 Å². The quantitative estimate of drug-likeness (QED) is 0.423. The Morgan fingerprint density at radius 3 is 2.13 bits per heavy atom. The third kappa shape index (κ3) is 5.01. The summed E-state index contributed by atoms with van der Waals surface area (Å²) in [7, 11) is 0. The molecule has 1 atom stereocenters. The van der Waals surface area contributed by atoms with E-state index in [2.05, 4.69) is 69.3 Å². The number of benzene rings is 2. The molecule has 0 aromatic heterocycles. The molecule has 4 rings (SSSR count). The zero-order valence-corrected chi connectivity index (χ0v) is 19.6. The van der Waals surface area contributed by atoms with Crippen molar-refractivity contribution in [1.82, 2.24) is 0 Å². The molecule has 0 bridgehead atoms. The first-order valence-corrected chi connectivity index (χ1v) is 12.8. The van der Waals surface area contributed by atoms with Crippen molar-refractivity contribution < 1.29 is 0 Å². The van der Waals surface area contributed by atoms with E-state index < -0.39 is 0 Å². The van der Waals surface area contributed by atoms with Crippen LogP contribution in [0.2, 0.25) is 0 Å². The van der Waals surface area contributed by atoms with Gasteiger partial charge in [-0.25, -0.2) is 0 Å². The van der Waals surface area contributed by atoms with Crippen LogP contribution in [0.25, 0.3) is 10.8 Å². The summed E-state index contributed by atoms with van der Waals surface area (Å²) >= 11 is 0. The Morgan fingerprint density at radius 1 is 0.833 bits per heavy atom. The van der Waals surface area contributed by atoms with Gasteiger partial charge in [0, 0.05) is 0 Å². The fourth-order valence-electron chi connectivity index (χ4n) is 6.51. The molecule has 0 radical (unpaired) electrons. The molecular weight excluding hydrogens is 360 g/mol. The van der Waals surface area contributed by atoms with Crippen LogP contribution >= 0.6 is 0 Å². The fourth-order valence-corrected chi connectivity index (χ4v) is 6.51. The molecule has 0 heteroatoms. The molecule has 1 unspecified atom stereocenters. The average molecular weight is 403 g/mol. The third-order valence-corrected chi connectivity index (χ3v) is 8.48. The summed E-state index contributed by atoms with van der Waals surface area (Å²) in [6, 6.07) is 14.4. The second-order valence-corrected chi connectivity index (χ2v) is 10.4. The van der Waals surface area contributed by atoms with Gasteiger partial charge in [-0.1, -0.05) is 68.8 Å². The van der Waals surface area contributed by atoms with E-state index in [-0.39, 0.29) is 0 Å². The molecule has 0 saturated heterocycles. The summed E-state index contributed by atoms with van der Waals surface area (Å²) in [4.78, 5) is 0. The molecule has 2 aromatic rings. The topological polar surface area (TPSA) is 0 Å². The second kappa shape index (κ2) is 10.2. The van der Waals surface area contributed by atoms with Crippen molar-refractivity contribution in [1.29, 1.82) is 0 Å². The number of aryl methyl sites for hydroxylation is 1. The van der Waals surface area contributed by atoms with Gasteiger partial charge in [0.05, 0.1) is 0 Å². The summed E-state index contributed by atoms with van der Waals surface area (Å²) in [5.74, 6) is 4.50. The van der Waals surface area contributed by atoms with Crippen LogP contribution in [-0.4, -0.2) is 0 Å². The third-order valence-electron chi connectivity index (χ3n) is 8.48. The molecule has 30 heavy (non-hydrogen) atoms. The van der Waals surface area contributed by atoms with Gasteiger partial charge in [0.1, 0.15) is 0 Å². The molecule has 0 heterocycles. The van der Waals surface area contributed by atoms with Crippen molar-refractivity contribution in [3.05, 3.63) is 59.7 Å². The van der Waals surface area contributed by atoms with Gasteiger partial charge in [-0.05, 0) is 116 Å². The zero-order valence-electron chi connectivity index (χ0n) is 19.6. The summed E-state index contributed by atoms with van der Waals surface area (Å²) in [6.07, 6.45) is 18.5. The van der Waals surface area contributed by atoms with Gasteiger partial charge < -0.3 is 0 Å². The Labute approximate surface area is 185 Å². The molecular formula is C30H42. The number of rotatable bonds is 6. The number of hydrogen-bond acceptors (Lipinski definition) is 0. The number of fused-ring (bicyclic) bond motifs is 1. The fraction of sp³-hybridized carbons (Fsp3) is 0.600. The van der Waals surface area contributed by atoms with Gasteiger partial charge >= 0.3 is 0 Å². The van der Waals surface area contributed by atoms with Crippen molar-refractivity contribution in [3.63, 3.8) is 0 Å². The monoisotopic (exact) mass is 402 g/mol. The highest BCUT2D eigenvalue weighted by Crippen LogP contribution is 2.44. The zero-order chi connectivity index (χ0) is 20.9. The first-order valence-electron chi connectivity index (χ1n) is 12.8. The van der Waals surface area contributed by atoms with Gasteiger partial charge in [0.2, 0.25) is 0 Å². The predicted molar refractivity (Wildman–Crippen MR) is 132 cm³/mol. The van der Waals surface area contributed by atoms with E-state index in [0.29, 0.717) is 0 Å². The lowest BCUT2D eigenvalue weighted by molar-refractivity contribution is 0.142. The summed E-state index contributed by atoms with van der Waals surface area (Å²) in [5.41, 5.74) is 3.07. The van der Waals surface area contributed by atoms with E-state index in [9.17, 15) is 0 Å². The molecule has 2 aromatic carbocycles. The van der Waals surface area contributed by atoms with Crippen molar-refractivity contribution in [2.75, 3.05) is 0 Å². The van der Waals surface area contributed by atoms with Gasteiger partial charge in [-0.15, -0.1) is 0 Å².